The number of fused-ring (bicyclic) bond motifs is 1. The number of nitrogens with zero attached hydrogens (tertiary/aromatic N) is 3. The van der Waals surface area contributed by atoms with E-state index >= 15 is 0 Å². The molecule has 2 aliphatic heterocycles. The highest BCUT2D eigenvalue weighted by Crippen LogP contribution is 2.35. The molecular weight excluding hydrogens is 799 g/mol. The average molecular weight is 834 g/mol. The van der Waals surface area contributed by atoms with Gasteiger partial charge in [0.1, 0.15) is 17.7 Å². The number of sulfonamides is 1. The number of piperidine rings is 1. The Morgan fingerprint density at radius 2 is 1.67 bits per heavy atom. The molecule has 1 unspecified atom stereocenters. The van der Waals surface area contributed by atoms with Crippen LogP contribution >= 0.6 is 15.9 Å². The second kappa shape index (κ2) is 15.3. The summed E-state index contributed by atoms with van der Waals surface area (Å²) in [6, 6.07) is 13.8. The summed E-state index contributed by atoms with van der Waals surface area (Å²) in [6.45, 7) is 0. The lowest BCUT2D eigenvalue weighted by molar-refractivity contribution is -0.136. The molecule has 0 radical (unpaired) electrons. The van der Waals surface area contributed by atoms with E-state index in [0.29, 0.717) is 47.8 Å². The van der Waals surface area contributed by atoms with Crippen LogP contribution in [-0.2, 0) is 26.0 Å². The van der Waals surface area contributed by atoms with E-state index in [4.69, 9.17) is 5.73 Å². The third-order valence-corrected chi connectivity index (χ3v) is 12.0. The maximum absolute atomic E-state index is 14.3. The SMILES string of the molecule is NC(=O)c1c(F)cccc1Nc1nc(Nc2ccc(S(=O)(=O)NC3CCC(Cc4cccc5c4C(=O)N(C4CCC(=O)NC4=O)C5=O)CC3)cc2)ncc1Br. The van der Waals surface area contributed by atoms with Gasteiger partial charge >= 0.3 is 0 Å². The van der Waals surface area contributed by atoms with Gasteiger partial charge < -0.3 is 16.4 Å². The molecule has 18 heteroatoms. The number of aromatic nitrogens is 2. The van der Waals surface area contributed by atoms with Crippen molar-refractivity contribution in [2.75, 3.05) is 10.6 Å². The molecule has 2 fully saturated rings. The first kappa shape index (κ1) is 37.7. The molecule has 284 valence electrons. The number of rotatable bonds is 11. The Labute approximate surface area is 322 Å². The minimum absolute atomic E-state index is 0.0394. The monoisotopic (exact) mass is 832 g/mol. The number of halogens is 2. The summed E-state index contributed by atoms with van der Waals surface area (Å²) in [6.07, 6.45) is 4.59. The lowest BCUT2D eigenvalue weighted by Crippen LogP contribution is -2.54. The van der Waals surface area contributed by atoms with Gasteiger partial charge in [-0.2, -0.15) is 4.98 Å². The molecule has 3 aromatic carbocycles. The minimum Gasteiger partial charge on any atom is -0.365 e. The number of benzene rings is 3. The molecule has 0 spiro atoms. The molecule has 3 heterocycles. The zero-order valence-electron chi connectivity index (χ0n) is 29.0. The van der Waals surface area contributed by atoms with E-state index in [2.05, 4.69) is 46.6 Å². The molecule has 1 saturated carbocycles. The third kappa shape index (κ3) is 7.83. The molecule has 0 bridgehead atoms. The van der Waals surface area contributed by atoms with Gasteiger partial charge in [-0.15, -0.1) is 0 Å². The van der Waals surface area contributed by atoms with Crippen LogP contribution in [0.3, 0.4) is 0 Å². The topological polar surface area (TPSA) is 223 Å². The Hall–Kier alpha value is -5.59. The molecule has 3 aliphatic rings. The Morgan fingerprint density at radius 1 is 0.945 bits per heavy atom. The van der Waals surface area contributed by atoms with Crippen molar-refractivity contribution in [3.8, 4) is 0 Å². The van der Waals surface area contributed by atoms with E-state index in [1.165, 1.54) is 30.5 Å². The lowest BCUT2D eigenvalue weighted by atomic mass is 9.81. The van der Waals surface area contributed by atoms with Gasteiger partial charge in [0, 0.05) is 24.3 Å². The molecule has 1 aromatic heterocycles. The van der Waals surface area contributed by atoms with Crippen LogP contribution in [0, 0.1) is 11.7 Å². The third-order valence-electron chi connectivity index (χ3n) is 9.91. The van der Waals surface area contributed by atoms with E-state index in [1.54, 1.807) is 30.3 Å². The zero-order valence-corrected chi connectivity index (χ0v) is 31.4. The van der Waals surface area contributed by atoms with E-state index in [0.717, 1.165) is 11.0 Å². The van der Waals surface area contributed by atoms with Crippen LogP contribution in [0.4, 0.5) is 27.5 Å². The van der Waals surface area contributed by atoms with Crippen LogP contribution < -0.4 is 26.4 Å². The lowest BCUT2D eigenvalue weighted by Gasteiger charge is -2.29. The highest BCUT2D eigenvalue weighted by molar-refractivity contribution is 9.10. The number of nitrogens with one attached hydrogen (secondary N) is 4. The molecule has 1 saturated heterocycles. The second-order valence-electron chi connectivity index (χ2n) is 13.5. The summed E-state index contributed by atoms with van der Waals surface area (Å²) in [5.74, 6) is -3.43. The van der Waals surface area contributed by atoms with Crippen molar-refractivity contribution in [2.24, 2.45) is 11.7 Å². The van der Waals surface area contributed by atoms with Gasteiger partial charge in [-0.1, -0.05) is 18.2 Å². The first-order chi connectivity index (χ1) is 26.3. The quantitative estimate of drug-likeness (QED) is 0.133. The molecule has 5 amide bonds. The standard InChI is InChI=1S/C37H34BrFN8O7S/c38-25-18-41-37(45-33(25)43-27-6-2-5-26(39)31(27)32(40)49)42-21-11-13-23(14-12-21)55(53,54)46-22-9-7-19(8-10-22)17-20-3-1-4-24-30(20)36(52)47(35(24)51)28-15-16-29(48)44-34(28)50/h1-6,11-14,18-19,22,28,46H,7-10,15-17H2,(H2,40,49)(H,44,48,50)(H2,41,42,43,45). The van der Waals surface area contributed by atoms with E-state index < -0.39 is 51.4 Å². The summed E-state index contributed by atoms with van der Waals surface area (Å²) in [5.41, 5.74) is 6.86. The first-order valence-electron chi connectivity index (χ1n) is 17.4. The van der Waals surface area contributed by atoms with Gasteiger partial charge in [-0.3, -0.25) is 34.2 Å². The first-order valence-corrected chi connectivity index (χ1v) is 19.7. The Bertz CT molecular complexity index is 2350. The maximum atomic E-state index is 14.3. The van der Waals surface area contributed by atoms with E-state index in [-0.39, 0.29) is 63.8 Å². The molecular formula is C37H34BrFN8O7S. The predicted octanol–water partition coefficient (Wildman–Crippen LogP) is 4.45. The number of anilines is 4. The number of carbonyl (C=O) groups is 5. The van der Waals surface area contributed by atoms with E-state index in [9.17, 15) is 36.8 Å². The van der Waals surface area contributed by atoms with Crippen LogP contribution in [0.2, 0.25) is 0 Å². The molecule has 1 aliphatic carbocycles. The van der Waals surface area contributed by atoms with Gasteiger partial charge in [0.05, 0.1) is 31.7 Å². The van der Waals surface area contributed by atoms with Crippen LogP contribution in [0.5, 0.6) is 0 Å². The van der Waals surface area contributed by atoms with Gasteiger partial charge in [0.15, 0.2) is 0 Å². The van der Waals surface area contributed by atoms with Gasteiger partial charge in [0.25, 0.3) is 17.7 Å². The molecule has 15 nitrogen and oxygen atoms in total. The number of hydrogen-bond donors (Lipinski definition) is 5. The van der Waals surface area contributed by atoms with Crippen molar-refractivity contribution in [1.82, 2.24) is 24.9 Å². The Morgan fingerprint density at radius 3 is 2.38 bits per heavy atom. The number of nitrogens with two attached hydrogens (primary N) is 1. The number of imide groups is 2. The van der Waals surface area contributed by atoms with Crippen molar-refractivity contribution in [2.45, 2.75) is 61.9 Å². The number of primary amides is 1. The number of carbonyl (C=O) groups excluding carboxylic acids is 5. The molecule has 55 heavy (non-hydrogen) atoms. The fraction of sp³-hybridized carbons (Fsp3) is 0.270. The highest BCUT2D eigenvalue weighted by atomic mass is 79.9. The molecule has 7 rings (SSSR count). The van der Waals surface area contributed by atoms with Crippen LogP contribution in [-0.4, -0.2) is 64.9 Å². The normalized spacial score (nSPS) is 19.9. The summed E-state index contributed by atoms with van der Waals surface area (Å²) >= 11 is 3.33. The average Bonchev–Trinajstić information content (AvgIpc) is 3.40. The zero-order chi connectivity index (χ0) is 39.0. The highest BCUT2D eigenvalue weighted by Gasteiger charge is 2.45. The number of amides is 5. The van der Waals surface area contributed by atoms with Crippen LogP contribution in [0.25, 0.3) is 0 Å². The minimum atomic E-state index is -3.87. The van der Waals surface area contributed by atoms with Gasteiger partial charge in [-0.05, 0) is 108 Å². The van der Waals surface area contributed by atoms with Crippen LogP contribution in [0.1, 0.15) is 75.2 Å². The smallest absolute Gasteiger partial charge is 0.262 e. The van der Waals surface area contributed by atoms with Crippen molar-refractivity contribution < 1.29 is 36.8 Å². The summed E-state index contributed by atoms with van der Waals surface area (Å²) in [4.78, 5) is 72.3. The second-order valence-corrected chi connectivity index (χ2v) is 16.1. The van der Waals surface area contributed by atoms with E-state index in [1.807, 2.05) is 0 Å². The number of hydrogen-bond acceptors (Lipinski definition) is 11. The van der Waals surface area contributed by atoms with Gasteiger partial charge in [-0.25, -0.2) is 22.5 Å². The largest absolute Gasteiger partial charge is 0.365 e. The molecule has 1 atom stereocenters. The Kier molecular flexibility index (Phi) is 10.5. The Balaban J connectivity index is 0.948. The van der Waals surface area contributed by atoms with Gasteiger partial charge in [0.2, 0.25) is 27.8 Å². The predicted molar refractivity (Wildman–Crippen MR) is 201 cm³/mol. The van der Waals surface area contributed by atoms with Crippen molar-refractivity contribution in [1.29, 1.82) is 0 Å². The fourth-order valence-corrected chi connectivity index (χ4v) is 8.80. The molecule has 6 N–H and O–H groups in total. The van der Waals surface area contributed by atoms with Crippen LogP contribution in [0.15, 0.2) is 76.2 Å². The van der Waals surface area contributed by atoms with Crippen molar-refractivity contribution in [3.63, 3.8) is 0 Å². The molecule has 4 aromatic rings. The summed E-state index contributed by atoms with van der Waals surface area (Å²) < 4.78 is 44.2. The summed E-state index contributed by atoms with van der Waals surface area (Å²) in [7, 11) is -3.87. The fourth-order valence-electron chi connectivity index (χ4n) is 7.21. The maximum Gasteiger partial charge on any atom is 0.262 e. The van der Waals surface area contributed by atoms with Crippen molar-refractivity contribution >= 4 is 78.6 Å². The summed E-state index contributed by atoms with van der Waals surface area (Å²) in [5, 5.41) is 8.09. The van der Waals surface area contributed by atoms with Crippen molar-refractivity contribution in [3.05, 3.63) is 99.4 Å².